The third kappa shape index (κ3) is 3.76. The summed E-state index contributed by atoms with van der Waals surface area (Å²) in [5.74, 6) is 0. The smallest absolute Gasteiger partial charge is 0.209 e. The molecule has 3 rings (SSSR count). The van der Waals surface area contributed by atoms with E-state index < -0.39 is 0 Å². The zero-order chi connectivity index (χ0) is 14.5. The van der Waals surface area contributed by atoms with Gasteiger partial charge in [0.1, 0.15) is 0 Å². The second-order valence-corrected chi connectivity index (χ2v) is 7.32. The Hall–Kier alpha value is -0.660. The Balaban J connectivity index is 1.51. The summed E-state index contributed by atoms with van der Waals surface area (Å²) in [6.45, 7) is 5.87. The van der Waals surface area contributed by atoms with Crippen LogP contribution in [0.3, 0.4) is 0 Å². The summed E-state index contributed by atoms with van der Waals surface area (Å²) in [5, 5.41) is 17.1. The minimum atomic E-state index is 0.191. The fourth-order valence-electron chi connectivity index (χ4n) is 3.06. The van der Waals surface area contributed by atoms with Crippen molar-refractivity contribution in [3.05, 3.63) is 0 Å². The molecule has 1 N–H and O–H groups in total. The average molecular weight is 311 g/mol. The minimum Gasteiger partial charge on any atom is -0.375 e. The number of hydrogen-bond donors (Lipinski definition) is 1. The van der Waals surface area contributed by atoms with E-state index in [1.807, 2.05) is 16.4 Å². The van der Waals surface area contributed by atoms with Crippen LogP contribution in [0.4, 0.5) is 0 Å². The number of nitrogens with zero attached hydrogens (tertiary/aromatic N) is 4. The van der Waals surface area contributed by atoms with Crippen LogP contribution in [0.25, 0.3) is 0 Å². The Bertz CT molecular complexity index is 448. The molecule has 2 fully saturated rings. The maximum absolute atomic E-state index is 5.99. The molecule has 1 aromatic rings. The molecular formula is C14H25N5OS. The van der Waals surface area contributed by atoms with Gasteiger partial charge in [-0.15, -0.1) is 5.10 Å². The number of ether oxygens (including phenoxy) is 1. The lowest BCUT2D eigenvalue weighted by Gasteiger charge is -2.46. The second-order valence-electron chi connectivity index (χ2n) is 6.05. The highest BCUT2D eigenvalue weighted by Crippen LogP contribution is 2.45. The Morgan fingerprint density at radius 3 is 3.10 bits per heavy atom. The van der Waals surface area contributed by atoms with Gasteiger partial charge in [0.05, 0.1) is 12.1 Å². The van der Waals surface area contributed by atoms with Gasteiger partial charge in [-0.25, -0.2) is 4.68 Å². The van der Waals surface area contributed by atoms with Crippen molar-refractivity contribution in [3.63, 3.8) is 0 Å². The molecule has 1 atom stereocenters. The van der Waals surface area contributed by atoms with Crippen LogP contribution in [-0.2, 0) is 11.3 Å². The van der Waals surface area contributed by atoms with Crippen molar-refractivity contribution < 1.29 is 4.74 Å². The molecule has 1 aliphatic carbocycles. The molecular weight excluding hydrogens is 286 g/mol. The van der Waals surface area contributed by atoms with E-state index in [-0.39, 0.29) is 5.60 Å². The molecule has 21 heavy (non-hydrogen) atoms. The van der Waals surface area contributed by atoms with E-state index in [9.17, 15) is 0 Å². The van der Waals surface area contributed by atoms with Gasteiger partial charge < -0.3 is 10.1 Å². The molecule has 2 aliphatic rings. The number of tetrazole rings is 1. The summed E-state index contributed by atoms with van der Waals surface area (Å²) in [6, 6.07) is 0. The molecule has 6 nitrogen and oxygen atoms in total. The minimum absolute atomic E-state index is 0.191. The lowest BCUT2D eigenvalue weighted by atomic mass is 9.75. The van der Waals surface area contributed by atoms with Crippen molar-refractivity contribution >= 4 is 11.8 Å². The summed E-state index contributed by atoms with van der Waals surface area (Å²) in [7, 11) is 0. The molecule has 2 heterocycles. The first kappa shape index (κ1) is 15.2. The van der Waals surface area contributed by atoms with Crippen LogP contribution in [0.2, 0.25) is 0 Å². The van der Waals surface area contributed by atoms with Crippen LogP contribution in [0.15, 0.2) is 5.16 Å². The van der Waals surface area contributed by atoms with Gasteiger partial charge in [0.25, 0.3) is 0 Å². The first-order valence-corrected chi connectivity index (χ1v) is 8.97. The van der Waals surface area contributed by atoms with Crippen molar-refractivity contribution in [2.45, 2.75) is 68.0 Å². The van der Waals surface area contributed by atoms with Gasteiger partial charge in [-0.05, 0) is 55.5 Å². The fraction of sp³-hybridized carbons (Fsp3) is 0.929. The fourth-order valence-corrected chi connectivity index (χ4v) is 4.29. The molecule has 0 aromatic carbocycles. The highest BCUT2D eigenvalue weighted by atomic mass is 32.2. The molecule has 1 saturated carbocycles. The van der Waals surface area contributed by atoms with Crippen molar-refractivity contribution in [1.82, 2.24) is 25.5 Å². The monoisotopic (exact) mass is 311 g/mol. The van der Waals surface area contributed by atoms with Gasteiger partial charge in [-0.3, -0.25) is 0 Å². The summed E-state index contributed by atoms with van der Waals surface area (Å²) in [5.41, 5.74) is 0.191. The predicted molar refractivity (Wildman–Crippen MR) is 82.4 cm³/mol. The topological polar surface area (TPSA) is 64.9 Å². The van der Waals surface area contributed by atoms with E-state index in [0.717, 1.165) is 50.7 Å². The van der Waals surface area contributed by atoms with Gasteiger partial charge in [-0.2, -0.15) is 0 Å². The largest absolute Gasteiger partial charge is 0.375 e. The first-order chi connectivity index (χ1) is 10.3. The van der Waals surface area contributed by atoms with E-state index in [1.54, 1.807) is 0 Å². The Labute approximate surface area is 130 Å². The van der Waals surface area contributed by atoms with E-state index >= 15 is 0 Å². The third-order valence-corrected chi connectivity index (χ3v) is 5.65. The molecule has 0 bridgehead atoms. The Morgan fingerprint density at radius 1 is 1.43 bits per heavy atom. The molecule has 1 aromatic heterocycles. The van der Waals surface area contributed by atoms with Gasteiger partial charge in [-0.1, -0.05) is 18.7 Å². The zero-order valence-electron chi connectivity index (χ0n) is 12.8. The van der Waals surface area contributed by atoms with E-state index in [4.69, 9.17) is 4.74 Å². The number of thioether (sulfide) groups is 1. The normalized spacial score (nSPS) is 24.1. The second kappa shape index (κ2) is 7.07. The molecule has 118 valence electrons. The Kier molecular flexibility index (Phi) is 5.13. The SMILES string of the molecule is CCCNCCn1nnnc1SC1CCOC2(CCC2)C1. The molecule has 7 heteroatoms. The number of aromatic nitrogens is 4. The third-order valence-electron chi connectivity index (χ3n) is 4.41. The molecule has 1 aliphatic heterocycles. The van der Waals surface area contributed by atoms with Crippen LogP contribution in [0.1, 0.15) is 45.4 Å². The quantitative estimate of drug-likeness (QED) is 0.776. The van der Waals surface area contributed by atoms with Crippen LogP contribution < -0.4 is 5.32 Å². The van der Waals surface area contributed by atoms with Gasteiger partial charge in [0, 0.05) is 18.4 Å². The number of nitrogens with one attached hydrogen (secondary N) is 1. The van der Waals surface area contributed by atoms with Crippen LogP contribution in [-0.4, -0.2) is 50.8 Å². The number of hydrogen-bond acceptors (Lipinski definition) is 6. The Morgan fingerprint density at radius 2 is 2.33 bits per heavy atom. The van der Waals surface area contributed by atoms with Crippen molar-refractivity contribution in [3.8, 4) is 0 Å². The molecule has 1 spiro atoms. The lowest BCUT2D eigenvalue weighted by molar-refractivity contribution is -0.125. The first-order valence-electron chi connectivity index (χ1n) is 8.09. The predicted octanol–water partition coefficient (Wildman–Crippen LogP) is 1.87. The van der Waals surface area contributed by atoms with Crippen LogP contribution in [0, 0.1) is 0 Å². The summed E-state index contributed by atoms with van der Waals surface area (Å²) < 4.78 is 7.92. The van der Waals surface area contributed by atoms with Gasteiger partial charge >= 0.3 is 0 Å². The van der Waals surface area contributed by atoms with Crippen molar-refractivity contribution in [1.29, 1.82) is 0 Å². The molecule has 1 unspecified atom stereocenters. The maximum atomic E-state index is 5.99. The molecule has 0 amide bonds. The zero-order valence-corrected chi connectivity index (χ0v) is 13.6. The van der Waals surface area contributed by atoms with Gasteiger partial charge in [0.15, 0.2) is 0 Å². The molecule has 0 radical (unpaired) electrons. The average Bonchev–Trinajstić information content (AvgIpc) is 2.90. The lowest BCUT2D eigenvalue weighted by Crippen LogP contribution is -2.46. The summed E-state index contributed by atoms with van der Waals surface area (Å²) >= 11 is 1.83. The standard InChI is InChI=1S/C14H25N5OS/c1-2-7-15-8-9-19-13(16-17-18-19)21-12-4-10-20-14(11-12)5-3-6-14/h12,15H,2-11H2,1H3. The number of rotatable bonds is 7. The van der Waals surface area contributed by atoms with Crippen LogP contribution >= 0.6 is 11.8 Å². The molecule has 1 saturated heterocycles. The van der Waals surface area contributed by atoms with Gasteiger partial charge in [0.2, 0.25) is 5.16 Å². The summed E-state index contributed by atoms with van der Waals surface area (Å²) in [6.07, 6.45) is 7.19. The van der Waals surface area contributed by atoms with E-state index in [2.05, 4.69) is 27.8 Å². The van der Waals surface area contributed by atoms with Crippen molar-refractivity contribution in [2.24, 2.45) is 0 Å². The van der Waals surface area contributed by atoms with E-state index in [0.29, 0.717) is 5.25 Å². The highest BCUT2D eigenvalue weighted by Gasteiger charge is 2.43. The van der Waals surface area contributed by atoms with Crippen LogP contribution in [0.5, 0.6) is 0 Å². The highest BCUT2D eigenvalue weighted by molar-refractivity contribution is 7.99. The summed E-state index contributed by atoms with van der Waals surface area (Å²) in [4.78, 5) is 0. The van der Waals surface area contributed by atoms with Crippen molar-refractivity contribution in [2.75, 3.05) is 19.7 Å². The maximum Gasteiger partial charge on any atom is 0.209 e. The van der Waals surface area contributed by atoms with E-state index in [1.165, 1.54) is 19.3 Å².